The third kappa shape index (κ3) is 3.31. The molecule has 5 heteroatoms. The van der Waals surface area contributed by atoms with E-state index < -0.39 is 11.4 Å². The van der Waals surface area contributed by atoms with Crippen molar-refractivity contribution in [2.75, 3.05) is 7.11 Å². The summed E-state index contributed by atoms with van der Waals surface area (Å²) in [5.74, 6) is -0.933. The molecule has 1 N–H and O–H groups in total. The van der Waals surface area contributed by atoms with Gasteiger partial charge in [-0.3, -0.25) is 0 Å². The van der Waals surface area contributed by atoms with Gasteiger partial charge in [-0.1, -0.05) is 31.2 Å². The molecule has 0 saturated carbocycles. The van der Waals surface area contributed by atoms with Crippen molar-refractivity contribution >= 4 is 12.0 Å². The maximum absolute atomic E-state index is 11.9. The van der Waals surface area contributed by atoms with Crippen LogP contribution in [0.1, 0.15) is 30.9 Å². The minimum Gasteiger partial charge on any atom is -0.507 e. The highest BCUT2D eigenvalue weighted by Crippen LogP contribution is 2.42. The number of methoxy groups -OCH3 is 1. The Balaban J connectivity index is 2.52. The number of hydrogen-bond donors (Lipinski definition) is 1. The Morgan fingerprint density at radius 3 is 2.42 bits per heavy atom. The molecule has 0 unspecified atom stereocenters. The highest BCUT2D eigenvalue weighted by molar-refractivity contribution is 5.91. The number of nitrogens with zero attached hydrogens (tertiary/aromatic N) is 2. The smallest absolute Gasteiger partial charge is 0.337 e. The van der Waals surface area contributed by atoms with Gasteiger partial charge in [-0.05, 0) is 29.2 Å². The standard InChI is InChI=1S/C19H18N2O3/c1-3-13-4-6-14(7-5-13)8-15-9-19(11-20,12-21)10-16(17(15)22)18(23)24-2/h4-8,22H,3,9-10H2,1-2H3/b15-8+. The maximum atomic E-state index is 11.9. The van der Waals surface area contributed by atoms with Crippen molar-refractivity contribution in [3.05, 3.63) is 52.3 Å². The average Bonchev–Trinajstić information content (AvgIpc) is 2.63. The summed E-state index contributed by atoms with van der Waals surface area (Å²) in [5.41, 5.74) is 0.964. The number of hydrogen-bond acceptors (Lipinski definition) is 5. The van der Waals surface area contributed by atoms with Crippen molar-refractivity contribution in [1.82, 2.24) is 0 Å². The van der Waals surface area contributed by atoms with Gasteiger partial charge in [0.25, 0.3) is 0 Å². The van der Waals surface area contributed by atoms with Crippen LogP contribution in [0.5, 0.6) is 0 Å². The first-order chi connectivity index (χ1) is 11.5. The van der Waals surface area contributed by atoms with E-state index in [-0.39, 0.29) is 24.2 Å². The maximum Gasteiger partial charge on any atom is 0.337 e. The predicted octanol–water partition coefficient (Wildman–Crippen LogP) is 3.44. The molecule has 0 aliphatic heterocycles. The fourth-order valence-corrected chi connectivity index (χ4v) is 2.70. The van der Waals surface area contributed by atoms with Crippen LogP contribution in [-0.2, 0) is 16.0 Å². The first-order valence-electron chi connectivity index (χ1n) is 7.61. The summed E-state index contributed by atoms with van der Waals surface area (Å²) in [7, 11) is 1.20. The van der Waals surface area contributed by atoms with Gasteiger partial charge in [0.1, 0.15) is 5.76 Å². The van der Waals surface area contributed by atoms with Gasteiger partial charge in [0.15, 0.2) is 5.41 Å². The van der Waals surface area contributed by atoms with Gasteiger partial charge in [-0.15, -0.1) is 0 Å². The van der Waals surface area contributed by atoms with E-state index in [2.05, 4.69) is 11.7 Å². The Bertz CT molecular complexity index is 775. The van der Waals surface area contributed by atoms with Crippen LogP contribution in [-0.4, -0.2) is 18.2 Å². The lowest BCUT2D eigenvalue weighted by Gasteiger charge is -2.27. The zero-order chi connectivity index (χ0) is 17.7. The Kier molecular flexibility index (Phi) is 5.06. The molecule has 0 fully saturated rings. The van der Waals surface area contributed by atoms with E-state index in [4.69, 9.17) is 0 Å². The van der Waals surface area contributed by atoms with E-state index in [1.807, 2.05) is 36.4 Å². The van der Waals surface area contributed by atoms with E-state index in [1.54, 1.807) is 6.08 Å². The van der Waals surface area contributed by atoms with E-state index >= 15 is 0 Å². The van der Waals surface area contributed by atoms with E-state index in [9.17, 15) is 20.4 Å². The molecule has 122 valence electrons. The molecule has 0 bridgehead atoms. The third-order valence-electron chi connectivity index (χ3n) is 4.15. The number of carbonyl (C=O) groups is 1. The van der Waals surface area contributed by atoms with Crippen LogP contribution in [0.25, 0.3) is 6.08 Å². The molecule has 0 aromatic heterocycles. The molecule has 5 nitrogen and oxygen atoms in total. The summed E-state index contributed by atoms with van der Waals surface area (Å²) >= 11 is 0. The van der Waals surface area contributed by atoms with Crippen LogP contribution in [0.15, 0.2) is 41.2 Å². The fraction of sp³-hybridized carbons (Fsp3) is 0.316. The molecule has 1 aliphatic rings. The van der Waals surface area contributed by atoms with E-state index in [1.165, 1.54) is 12.7 Å². The molecule has 0 atom stereocenters. The molecule has 0 amide bonds. The minimum atomic E-state index is -1.38. The first-order valence-corrected chi connectivity index (χ1v) is 7.61. The van der Waals surface area contributed by atoms with Crippen molar-refractivity contribution < 1.29 is 14.6 Å². The number of nitriles is 2. The number of aliphatic hydroxyl groups is 1. The number of carbonyl (C=O) groups excluding carboxylic acids is 1. The monoisotopic (exact) mass is 322 g/mol. The van der Waals surface area contributed by atoms with Gasteiger partial charge < -0.3 is 9.84 Å². The zero-order valence-corrected chi connectivity index (χ0v) is 13.7. The predicted molar refractivity (Wildman–Crippen MR) is 88.4 cm³/mol. The number of allylic oxidation sites excluding steroid dienone is 1. The molecule has 2 rings (SSSR count). The van der Waals surface area contributed by atoms with Crippen LogP contribution < -0.4 is 0 Å². The van der Waals surface area contributed by atoms with Crippen LogP contribution >= 0.6 is 0 Å². The quantitative estimate of drug-likeness (QED) is 0.860. The van der Waals surface area contributed by atoms with Crippen molar-refractivity contribution in [1.29, 1.82) is 10.5 Å². The lowest BCUT2D eigenvalue weighted by atomic mass is 9.73. The number of benzene rings is 1. The summed E-state index contributed by atoms with van der Waals surface area (Å²) in [4.78, 5) is 11.9. The molecule has 0 saturated heterocycles. The van der Waals surface area contributed by atoms with Crippen molar-refractivity contribution in [2.45, 2.75) is 26.2 Å². The highest BCUT2D eigenvalue weighted by atomic mass is 16.5. The largest absolute Gasteiger partial charge is 0.507 e. The first kappa shape index (κ1) is 17.3. The van der Waals surface area contributed by atoms with Crippen LogP contribution in [0, 0.1) is 28.1 Å². The van der Waals surface area contributed by atoms with Crippen LogP contribution in [0.2, 0.25) is 0 Å². The van der Waals surface area contributed by atoms with Gasteiger partial charge in [-0.25, -0.2) is 4.79 Å². The van der Waals surface area contributed by atoms with Gasteiger partial charge >= 0.3 is 5.97 Å². The Labute approximate surface area is 141 Å². The van der Waals surface area contributed by atoms with E-state index in [0.29, 0.717) is 5.57 Å². The van der Waals surface area contributed by atoms with E-state index in [0.717, 1.165) is 12.0 Å². The fourth-order valence-electron chi connectivity index (χ4n) is 2.70. The molecular weight excluding hydrogens is 304 g/mol. The van der Waals surface area contributed by atoms with Gasteiger partial charge in [-0.2, -0.15) is 10.5 Å². The van der Waals surface area contributed by atoms with Crippen LogP contribution in [0.3, 0.4) is 0 Å². The Hall–Kier alpha value is -3.05. The van der Waals surface area contributed by atoms with Crippen molar-refractivity contribution in [3.63, 3.8) is 0 Å². The summed E-state index contributed by atoms with van der Waals surface area (Å²) < 4.78 is 4.67. The summed E-state index contributed by atoms with van der Waals surface area (Å²) in [6, 6.07) is 11.7. The summed E-state index contributed by atoms with van der Waals surface area (Å²) in [6.45, 7) is 2.06. The Morgan fingerprint density at radius 2 is 1.92 bits per heavy atom. The molecule has 0 heterocycles. The number of aliphatic hydroxyl groups excluding tert-OH is 1. The van der Waals surface area contributed by atoms with Gasteiger partial charge in [0.05, 0.1) is 24.8 Å². The lowest BCUT2D eigenvalue weighted by molar-refractivity contribution is -0.136. The molecular formula is C19H18N2O3. The number of aryl methyl sites for hydroxylation is 1. The molecule has 1 aromatic carbocycles. The highest BCUT2D eigenvalue weighted by Gasteiger charge is 2.41. The van der Waals surface area contributed by atoms with Crippen molar-refractivity contribution in [2.24, 2.45) is 5.41 Å². The minimum absolute atomic E-state index is 0.0386. The SMILES string of the molecule is CCc1ccc(/C=C2\CC(C#N)(C#N)CC(C(=O)OC)=C2O)cc1. The number of esters is 1. The normalized spacial score (nSPS) is 17.9. The summed E-state index contributed by atoms with van der Waals surface area (Å²) in [6.07, 6.45) is 2.52. The average molecular weight is 322 g/mol. The second-order valence-electron chi connectivity index (χ2n) is 5.74. The van der Waals surface area contributed by atoms with Crippen LogP contribution in [0.4, 0.5) is 0 Å². The second-order valence-corrected chi connectivity index (χ2v) is 5.74. The molecule has 1 aliphatic carbocycles. The molecule has 0 spiro atoms. The van der Waals surface area contributed by atoms with Gasteiger partial charge in [0.2, 0.25) is 0 Å². The molecule has 0 radical (unpaired) electrons. The topological polar surface area (TPSA) is 94.1 Å². The zero-order valence-electron chi connectivity index (χ0n) is 13.7. The summed E-state index contributed by atoms with van der Waals surface area (Å²) in [5, 5.41) is 29.2. The number of ether oxygens (including phenoxy) is 1. The van der Waals surface area contributed by atoms with Gasteiger partial charge in [0, 0.05) is 12.8 Å². The Morgan fingerprint density at radius 1 is 1.29 bits per heavy atom. The third-order valence-corrected chi connectivity index (χ3v) is 4.15. The second kappa shape index (κ2) is 7.02. The lowest BCUT2D eigenvalue weighted by Crippen LogP contribution is -2.27. The van der Waals surface area contributed by atoms with Crippen molar-refractivity contribution in [3.8, 4) is 12.1 Å². The number of rotatable bonds is 3. The molecule has 1 aromatic rings. The molecule has 24 heavy (non-hydrogen) atoms.